The second kappa shape index (κ2) is 11.6. The average molecular weight is 807 g/mol. The number of aliphatic hydroxyl groups excluding tert-OH is 1. The number of carbonyl (C=O) groups is 3. The van der Waals surface area contributed by atoms with Crippen LogP contribution < -0.4 is 26.5 Å². The van der Waals surface area contributed by atoms with Crippen LogP contribution in [0.3, 0.4) is 0 Å². The van der Waals surface area contributed by atoms with E-state index in [1.807, 2.05) is 115 Å². The van der Waals surface area contributed by atoms with E-state index in [0.717, 1.165) is 60.6 Å². The number of anilines is 3. The summed E-state index contributed by atoms with van der Waals surface area (Å²) in [4.78, 5) is 46.2. The van der Waals surface area contributed by atoms with Crippen molar-refractivity contribution >= 4 is 67.5 Å². The summed E-state index contributed by atoms with van der Waals surface area (Å²) in [6, 6.07) is 45.1. The molecule has 2 spiro atoms. The molecule has 10 heteroatoms. The van der Waals surface area contributed by atoms with Gasteiger partial charge in [-0.3, -0.25) is 4.79 Å². The number of aliphatic hydroxyl groups is 1. The number of ketones is 1. The monoisotopic (exact) mass is 806 g/mol. The molecule has 0 amide bonds. The highest BCUT2D eigenvalue weighted by Crippen LogP contribution is 2.57. The van der Waals surface area contributed by atoms with Crippen molar-refractivity contribution in [2.24, 2.45) is 4.99 Å². The van der Waals surface area contributed by atoms with Gasteiger partial charge in [-0.2, -0.15) is 0 Å². The fourth-order valence-corrected chi connectivity index (χ4v) is 10.9. The van der Waals surface area contributed by atoms with Crippen LogP contribution in [-0.2, 0) is 16.1 Å². The molecule has 62 heavy (non-hydrogen) atoms. The van der Waals surface area contributed by atoms with Crippen LogP contribution in [0.4, 0.5) is 17.1 Å². The van der Waals surface area contributed by atoms with E-state index in [1.54, 1.807) is 30.3 Å². The molecule has 2 aliphatic heterocycles. The number of allylic oxidation sites excluding steroid dienone is 2. The van der Waals surface area contributed by atoms with Crippen molar-refractivity contribution < 1.29 is 29.7 Å². The number of fused-ring (bicyclic) bond motifs is 10. The first-order valence-electron chi connectivity index (χ1n) is 20.2. The largest absolute Gasteiger partial charge is 0.506 e. The maximum atomic E-state index is 15.0. The molecule has 0 saturated heterocycles. The predicted molar refractivity (Wildman–Crippen MR) is 237 cm³/mol. The van der Waals surface area contributed by atoms with Crippen LogP contribution in [0.1, 0.15) is 48.5 Å². The zero-order valence-electron chi connectivity index (χ0n) is 32.4. The number of hydrogen-bond acceptors (Lipinski definition) is 8. The summed E-state index contributed by atoms with van der Waals surface area (Å²) in [7, 11) is 0. The molecule has 8 aromatic rings. The lowest BCUT2D eigenvalue weighted by atomic mass is 9.79. The molecule has 0 fully saturated rings. The minimum Gasteiger partial charge on any atom is -0.506 e. The van der Waals surface area contributed by atoms with E-state index >= 15 is 0 Å². The van der Waals surface area contributed by atoms with Crippen molar-refractivity contribution in [3.63, 3.8) is 0 Å². The molecule has 2 atom stereocenters. The lowest BCUT2D eigenvalue weighted by Gasteiger charge is -2.42. The Hall–Kier alpha value is -8.50. The lowest BCUT2D eigenvalue weighted by molar-refractivity contribution is -0.109. The highest BCUT2D eigenvalue weighted by molar-refractivity contribution is 6.52. The Morgan fingerprint density at radius 2 is 1.10 bits per heavy atom. The van der Waals surface area contributed by atoms with Crippen molar-refractivity contribution in [3.8, 4) is 22.3 Å². The third-order valence-electron chi connectivity index (χ3n) is 13.3. The van der Waals surface area contributed by atoms with Gasteiger partial charge < -0.3 is 31.3 Å². The number of carboxylic acid groups (broad SMARTS) is 2. The van der Waals surface area contributed by atoms with Crippen molar-refractivity contribution in [3.05, 3.63) is 201 Å². The summed E-state index contributed by atoms with van der Waals surface area (Å²) >= 11 is 0. The highest BCUT2D eigenvalue weighted by Gasteiger charge is 2.51. The second-order valence-corrected chi connectivity index (χ2v) is 16.3. The fraction of sp³-hybridized carbons (Fsp3) is 0.0385. The zero-order valence-corrected chi connectivity index (χ0v) is 32.4. The number of hydrogen-bond donors (Lipinski definition) is 6. The highest BCUT2D eigenvalue weighted by atomic mass is 16.4. The van der Waals surface area contributed by atoms with Gasteiger partial charge in [0.1, 0.15) is 5.76 Å². The van der Waals surface area contributed by atoms with Crippen molar-refractivity contribution in [2.45, 2.75) is 11.3 Å². The Morgan fingerprint density at radius 1 is 0.516 bits per heavy atom. The van der Waals surface area contributed by atoms with E-state index in [9.17, 15) is 29.7 Å². The number of aromatic carboxylic acids is 2. The van der Waals surface area contributed by atoms with Gasteiger partial charge in [0.05, 0.1) is 33.3 Å². The summed E-state index contributed by atoms with van der Waals surface area (Å²) in [5.41, 5.74) is 6.20. The first kappa shape index (κ1) is 34.4. The van der Waals surface area contributed by atoms with Crippen LogP contribution in [0.15, 0.2) is 156 Å². The second-order valence-electron chi connectivity index (χ2n) is 16.3. The summed E-state index contributed by atoms with van der Waals surface area (Å²) in [6.45, 7) is 0. The molecular weight excluding hydrogens is 777 g/mol. The average Bonchev–Trinajstić information content (AvgIpc) is 3.71. The van der Waals surface area contributed by atoms with Gasteiger partial charge in [-0.15, -0.1) is 0 Å². The predicted octanol–water partition coefficient (Wildman–Crippen LogP) is 8.74. The standard InChI is InChI=1S/C52H30N4O6/c57-47-41(31-23-21-25-9-5-19-37-39(25)45(31)55-51(53-37)35-17-3-1-11-27(35)29-13-7-15-33(43(29)51)49(59)60)48(58)42(47)32-24-22-26-10-6-20-38-40(26)46(32)56-52(54-38)36-18-4-2-12-28(36)30-14-8-16-34(44(30)52)50(61)62/h1-24,53-55,57H,(H,59,60)(H,61,62). The Bertz CT molecular complexity index is 3690. The maximum absolute atomic E-state index is 15.0. The third kappa shape index (κ3) is 4.08. The molecule has 0 bridgehead atoms. The normalized spacial score (nSPS) is 20.1. The number of nitrogens with zero attached hydrogens (tertiary/aromatic N) is 1. The molecule has 0 saturated carbocycles. The van der Waals surface area contributed by atoms with Gasteiger partial charge in [-0.25, -0.2) is 14.6 Å². The topological polar surface area (TPSA) is 160 Å². The van der Waals surface area contributed by atoms with E-state index in [-0.39, 0.29) is 28.0 Å². The first-order chi connectivity index (χ1) is 30.2. The number of nitrogens with one attached hydrogen (secondary N) is 3. The third-order valence-corrected chi connectivity index (χ3v) is 13.3. The van der Waals surface area contributed by atoms with E-state index in [4.69, 9.17) is 4.99 Å². The minimum atomic E-state index is -1.36. The molecule has 6 N–H and O–H groups in total. The molecule has 10 nitrogen and oxygen atoms in total. The minimum absolute atomic E-state index is 0.0967. The van der Waals surface area contributed by atoms with Crippen molar-refractivity contribution in [1.29, 1.82) is 0 Å². The van der Waals surface area contributed by atoms with Crippen LogP contribution in [0, 0.1) is 0 Å². The molecule has 294 valence electrons. The van der Waals surface area contributed by atoms with Crippen LogP contribution in [0.5, 0.6) is 0 Å². The van der Waals surface area contributed by atoms with E-state index < -0.39 is 29.0 Å². The molecule has 0 aromatic heterocycles. The van der Waals surface area contributed by atoms with Crippen LogP contribution in [-0.4, -0.2) is 33.0 Å². The Morgan fingerprint density at radius 3 is 1.81 bits per heavy atom. The lowest BCUT2D eigenvalue weighted by Crippen LogP contribution is -2.46. The van der Waals surface area contributed by atoms with E-state index in [0.29, 0.717) is 38.6 Å². The van der Waals surface area contributed by atoms with Gasteiger partial charge in [0, 0.05) is 55.2 Å². The number of carbonyl (C=O) groups excluding carboxylic acids is 1. The molecule has 13 rings (SSSR count). The van der Waals surface area contributed by atoms with Gasteiger partial charge in [-0.05, 0) is 57.3 Å². The van der Waals surface area contributed by atoms with Gasteiger partial charge >= 0.3 is 11.9 Å². The molecule has 3 aliphatic carbocycles. The Labute approximate surface area is 351 Å². The number of carboxylic acids is 2. The maximum Gasteiger partial charge on any atom is 0.336 e. The van der Waals surface area contributed by atoms with Gasteiger partial charge in [0.2, 0.25) is 5.78 Å². The summed E-state index contributed by atoms with van der Waals surface area (Å²) in [6.07, 6.45) is 0. The number of rotatable bonds is 3. The first-order valence-corrected chi connectivity index (χ1v) is 20.2. The van der Waals surface area contributed by atoms with E-state index in [1.165, 1.54) is 0 Å². The van der Waals surface area contributed by atoms with Crippen LogP contribution >= 0.6 is 0 Å². The zero-order chi connectivity index (χ0) is 41.8. The number of benzene rings is 8. The molecule has 2 heterocycles. The fourth-order valence-electron chi connectivity index (χ4n) is 10.9. The molecule has 8 aromatic carbocycles. The number of Topliss-reactive ketones (excluding diaryl/α,β-unsaturated/α-hetero) is 1. The van der Waals surface area contributed by atoms with Crippen LogP contribution in [0.2, 0.25) is 0 Å². The summed E-state index contributed by atoms with van der Waals surface area (Å²) in [5, 5.41) is 48.6. The summed E-state index contributed by atoms with van der Waals surface area (Å²) in [5.74, 6) is -2.76. The van der Waals surface area contributed by atoms with E-state index in [2.05, 4.69) is 16.0 Å². The molecule has 0 radical (unpaired) electrons. The quantitative estimate of drug-likeness (QED) is 0.103. The van der Waals surface area contributed by atoms with Gasteiger partial charge in [0.25, 0.3) is 0 Å². The smallest absolute Gasteiger partial charge is 0.336 e. The SMILES string of the molecule is O=C1C(c2ccc3cccc4c3c2NC2(N4)c3ccccc3-c3cccc(C(=O)O)c32)=C(O)C1=c1ccc2cccc3c2c1=NC1(N3)c2ccccc2-c2cccc(C(=O)O)c21. The molecule has 5 aliphatic rings. The molecule has 2 unspecified atom stereocenters. The van der Waals surface area contributed by atoms with Crippen molar-refractivity contribution in [1.82, 2.24) is 0 Å². The summed E-state index contributed by atoms with van der Waals surface area (Å²) < 4.78 is 0. The Kier molecular flexibility index (Phi) is 6.44. The van der Waals surface area contributed by atoms with Gasteiger partial charge in [0.15, 0.2) is 11.3 Å². The van der Waals surface area contributed by atoms with Crippen molar-refractivity contribution in [2.75, 3.05) is 16.0 Å². The van der Waals surface area contributed by atoms with Gasteiger partial charge in [-0.1, -0.05) is 121 Å². The molecular formula is C52H30N4O6. The Balaban J connectivity index is 1.07. The van der Waals surface area contributed by atoms with Crippen LogP contribution in [0.25, 0.3) is 54.9 Å².